The van der Waals surface area contributed by atoms with Gasteiger partial charge in [0.25, 0.3) is 0 Å². The summed E-state index contributed by atoms with van der Waals surface area (Å²) in [6.07, 6.45) is -0.639. The van der Waals surface area contributed by atoms with Crippen molar-refractivity contribution >= 4 is 46.5 Å². The smallest absolute Gasteiger partial charge is 1.00 e. The number of nitrogens with one attached hydrogen (secondary N) is 3. The van der Waals surface area contributed by atoms with Crippen LogP contribution in [0.1, 0.15) is 30.8 Å². The van der Waals surface area contributed by atoms with E-state index in [4.69, 9.17) is 9.47 Å². The molecule has 3 aromatic rings. The number of hydrogen-bond donors (Lipinski definition) is 4. The van der Waals surface area contributed by atoms with E-state index in [-0.39, 0.29) is 55.3 Å². The summed E-state index contributed by atoms with van der Waals surface area (Å²) < 4.78 is 25.4. The third-order valence-corrected chi connectivity index (χ3v) is 7.38. The molecule has 0 spiro atoms. The average Bonchev–Trinajstić information content (AvgIpc) is 3.62. The van der Waals surface area contributed by atoms with Gasteiger partial charge in [0.15, 0.2) is 0 Å². The molecule has 218 valence electrons. The van der Waals surface area contributed by atoms with E-state index in [2.05, 4.69) is 16.0 Å². The van der Waals surface area contributed by atoms with E-state index in [1.54, 1.807) is 18.2 Å². The molecule has 1 fully saturated rings. The predicted molar refractivity (Wildman–Crippen MR) is 151 cm³/mol. The minimum absolute atomic E-state index is 0. The third kappa shape index (κ3) is 8.22. The number of carbonyl (C=O) groups is 4. The molecule has 2 atom stereocenters. The number of halogens is 1. The summed E-state index contributed by atoms with van der Waals surface area (Å²) >= 11 is 1.49. The minimum atomic E-state index is -1.15. The van der Waals surface area contributed by atoms with Gasteiger partial charge in [-0.15, -0.1) is 11.3 Å². The van der Waals surface area contributed by atoms with Crippen LogP contribution in [0.4, 0.5) is 20.6 Å². The Bertz CT molecular complexity index is 1450. The Balaban J connectivity index is 0.00000323. The normalized spacial score (nSPS) is 14.9. The molecule has 0 radical (unpaired) electrons. The van der Waals surface area contributed by atoms with Crippen molar-refractivity contribution in [2.24, 2.45) is 5.92 Å². The number of thiophene rings is 1. The Morgan fingerprint density at radius 3 is 2.62 bits per heavy atom. The number of urea groups is 1. The Morgan fingerprint density at radius 1 is 1.17 bits per heavy atom. The molecule has 4 rings (SSSR count). The zero-order valence-corrected chi connectivity index (χ0v) is 26.1. The van der Waals surface area contributed by atoms with E-state index >= 15 is 0 Å². The van der Waals surface area contributed by atoms with E-state index in [1.807, 2.05) is 17.5 Å². The second-order valence-electron chi connectivity index (χ2n) is 9.23. The van der Waals surface area contributed by atoms with Gasteiger partial charge in [0.05, 0.1) is 44.8 Å². The molecule has 0 saturated carbocycles. The maximum absolute atomic E-state index is 14.8. The summed E-state index contributed by atoms with van der Waals surface area (Å²) in [6, 6.07) is 10.9. The molecule has 0 aliphatic carbocycles. The Hall–Kier alpha value is -3.65. The molecule has 42 heavy (non-hydrogen) atoms. The number of carbonyl (C=O) groups excluding carboxylic acids is 3. The third-order valence-electron chi connectivity index (χ3n) is 6.51. The molecule has 1 aliphatic heterocycles. The number of carboxylic acids is 1. The summed E-state index contributed by atoms with van der Waals surface area (Å²) in [5, 5.41) is 19.4. The molecule has 1 aromatic heterocycles. The molecular formula is C28H30FN4NaO7S. The van der Waals surface area contributed by atoms with Crippen LogP contribution in [0.3, 0.4) is 0 Å². The number of rotatable bonds is 11. The van der Waals surface area contributed by atoms with Crippen LogP contribution in [0.5, 0.6) is 11.5 Å². The van der Waals surface area contributed by atoms with Gasteiger partial charge >= 0.3 is 41.6 Å². The van der Waals surface area contributed by atoms with Crippen molar-refractivity contribution in [1.82, 2.24) is 10.6 Å². The molecule has 4 N–H and O–H groups in total. The molecule has 0 bridgehead atoms. The number of amides is 4. The molecule has 2 aromatic carbocycles. The fourth-order valence-electron chi connectivity index (χ4n) is 4.48. The van der Waals surface area contributed by atoms with Gasteiger partial charge in [-0.25, -0.2) is 9.18 Å². The number of methoxy groups -OCH3 is 2. The zero-order chi connectivity index (χ0) is 29.5. The van der Waals surface area contributed by atoms with Crippen LogP contribution >= 0.6 is 11.3 Å². The Labute approximate surface area is 269 Å². The van der Waals surface area contributed by atoms with E-state index in [1.165, 1.54) is 37.7 Å². The zero-order valence-electron chi connectivity index (χ0n) is 24.3. The minimum Gasteiger partial charge on any atom is -1.00 e. The Morgan fingerprint density at radius 2 is 1.95 bits per heavy atom. The summed E-state index contributed by atoms with van der Waals surface area (Å²) in [6.45, 7) is 0.194. The first-order chi connectivity index (χ1) is 19.7. The molecule has 14 heteroatoms. The van der Waals surface area contributed by atoms with Gasteiger partial charge in [-0.1, -0.05) is 6.07 Å². The monoisotopic (exact) mass is 608 g/mol. The van der Waals surface area contributed by atoms with Crippen molar-refractivity contribution in [3.8, 4) is 11.5 Å². The predicted octanol–water partition coefficient (Wildman–Crippen LogP) is 1.03. The van der Waals surface area contributed by atoms with E-state index in [9.17, 15) is 28.7 Å². The number of hydrogen-bond acceptors (Lipinski definition) is 7. The first-order valence-corrected chi connectivity index (χ1v) is 13.5. The largest absolute Gasteiger partial charge is 1.00 e. The Kier molecular flexibility index (Phi) is 11.7. The fraction of sp³-hybridized carbons (Fsp3) is 0.286. The molecule has 2 heterocycles. The van der Waals surface area contributed by atoms with Crippen LogP contribution in [-0.2, 0) is 20.9 Å². The topological polar surface area (TPSA) is 146 Å². The molecule has 2 unspecified atom stereocenters. The number of carboxylic acid groups (broad SMARTS) is 1. The van der Waals surface area contributed by atoms with Crippen molar-refractivity contribution in [2.45, 2.75) is 25.4 Å². The second-order valence-corrected chi connectivity index (χ2v) is 10.3. The van der Waals surface area contributed by atoms with Gasteiger partial charge in [-0.05, 0) is 41.8 Å². The molecule has 11 nitrogen and oxygen atoms in total. The summed E-state index contributed by atoms with van der Waals surface area (Å²) in [4.78, 5) is 52.1. The summed E-state index contributed by atoms with van der Waals surface area (Å²) in [7, 11) is 2.89. The summed E-state index contributed by atoms with van der Waals surface area (Å²) in [5.41, 5.74) is 0.603. The van der Waals surface area contributed by atoms with Crippen molar-refractivity contribution in [3.63, 3.8) is 0 Å². The van der Waals surface area contributed by atoms with Gasteiger partial charge in [-0.3, -0.25) is 14.4 Å². The van der Waals surface area contributed by atoms with Crippen LogP contribution in [0, 0.1) is 11.7 Å². The standard InChI is InChI=1S/C28H29FN4O7S.Na.H/c1-39-18-6-7-20(24(12-18)40-2)22(13-26(35)36)32-27(37)16-10-25(34)33(15-16)23-11-17(5-8-21(23)29)31-28(38)30-14-19-4-3-9-41-19;;/h3-9,11-12,16,22H,10,13-15H2,1-2H3,(H,32,37)(H,35,36)(H2,30,31,38);;/q;+1;-1. The van der Waals surface area contributed by atoms with Gasteiger partial charge in [0.1, 0.15) is 17.3 Å². The molecule has 1 aliphatic rings. The number of benzene rings is 2. The average molecular weight is 609 g/mol. The van der Waals surface area contributed by atoms with Gasteiger partial charge < -0.3 is 36.9 Å². The number of nitrogens with zero attached hydrogens (tertiary/aromatic N) is 1. The van der Waals surface area contributed by atoms with Crippen LogP contribution in [-0.4, -0.2) is 49.7 Å². The number of ether oxygens (including phenoxy) is 2. The second kappa shape index (κ2) is 15.0. The maximum Gasteiger partial charge on any atom is 1.00 e. The summed E-state index contributed by atoms with van der Waals surface area (Å²) in [5.74, 6) is -2.95. The van der Waals surface area contributed by atoms with Crippen molar-refractivity contribution < 1.29 is 69.1 Å². The van der Waals surface area contributed by atoms with Crippen LogP contribution in [0.2, 0.25) is 0 Å². The van der Waals surface area contributed by atoms with Gasteiger partial charge in [0.2, 0.25) is 11.8 Å². The molecule has 1 saturated heterocycles. The molecular weight excluding hydrogens is 578 g/mol. The van der Waals surface area contributed by atoms with Crippen molar-refractivity contribution in [2.75, 3.05) is 31.0 Å². The van der Waals surface area contributed by atoms with Crippen LogP contribution in [0.25, 0.3) is 0 Å². The van der Waals surface area contributed by atoms with Crippen molar-refractivity contribution in [1.29, 1.82) is 0 Å². The van der Waals surface area contributed by atoms with Gasteiger partial charge in [-0.2, -0.15) is 0 Å². The van der Waals surface area contributed by atoms with Crippen molar-refractivity contribution in [3.05, 3.63) is 70.2 Å². The first-order valence-electron chi connectivity index (χ1n) is 12.6. The van der Waals surface area contributed by atoms with Crippen LogP contribution < -0.4 is 59.9 Å². The van der Waals surface area contributed by atoms with E-state index < -0.39 is 48.0 Å². The first kappa shape index (κ1) is 32.9. The van der Waals surface area contributed by atoms with Crippen LogP contribution in [0.15, 0.2) is 53.9 Å². The van der Waals surface area contributed by atoms with E-state index in [0.717, 1.165) is 15.8 Å². The van der Waals surface area contributed by atoms with E-state index in [0.29, 0.717) is 23.6 Å². The maximum atomic E-state index is 14.8. The van der Waals surface area contributed by atoms with Gasteiger partial charge in [0, 0.05) is 35.2 Å². The quantitative estimate of drug-likeness (QED) is 0.238. The number of anilines is 2. The fourth-order valence-corrected chi connectivity index (χ4v) is 5.12. The SMILES string of the molecule is COc1ccc(C(CC(=O)O)NC(=O)C2CC(=O)N(c3cc(NC(=O)NCc4cccs4)ccc3F)C2)c(OC)c1.[H-].[Na+]. The number of aliphatic carboxylic acids is 1. The molecule has 4 amide bonds.